The van der Waals surface area contributed by atoms with Gasteiger partial charge in [-0.15, -0.1) is 0 Å². The van der Waals surface area contributed by atoms with Crippen LogP contribution in [-0.2, 0) is 34.1 Å². The molecule has 1 aliphatic rings. The number of benzene rings is 4. The fraction of sp³-hybridized carbons (Fsp3) is 0.250. The average molecular weight is 586 g/mol. The Hall–Kier alpha value is -4.02. The van der Waals surface area contributed by atoms with E-state index in [0.29, 0.717) is 0 Å². The third-order valence-corrected chi connectivity index (χ3v) is 8.59. The molecule has 0 radical (unpaired) electrons. The van der Waals surface area contributed by atoms with Crippen LogP contribution in [0.5, 0.6) is 0 Å². The highest BCUT2D eigenvalue weighted by Crippen LogP contribution is 2.41. The van der Waals surface area contributed by atoms with Gasteiger partial charge in [-0.1, -0.05) is 114 Å². The van der Waals surface area contributed by atoms with Gasteiger partial charge in [-0.2, -0.15) is 8.42 Å². The van der Waals surface area contributed by atoms with Crippen LogP contribution in [0.1, 0.15) is 22.3 Å². The lowest BCUT2D eigenvalue weighted by Gasteiger charge is -2.37. The summed E-state index contributed by atoms with van der Waals surface area (Å²) >= 11 is 0. The lowest BCUT2D eigenvalue weighted by atomic mass is 9.80. The highest BCUT2D eigenvalue weighted by Gasteiger charge is 2.49. The van der Waals surface area contributed by atoms with Crippen molar-refractivity contribution >= 4 is 10.1 Å². The van der Waals surface area contributed by atoms with Crippen molar-refractivity contribution < 1.29 is 26.8 Å². The van der Waals surface area contributed by atoms with Crippen molar-refractivity contribution in [2.24, 2.45) is 5.11 Å². The predicted molar refractivity (Wildman–Crippen MR) is 157 cm³/mol. The van der Waals surface area contributed by atoms with Crippen LogP contribution in [0.4, 0.5) is 0 Å². The molecule has 1 fully saturated rings. The minimum Gasteiger partial charge on any atom is -0.358 e. The van der Waals surface area contributed by atoms with Crippen molar-refractivity contribution in [3.05, 3.63) is 148 Å². The zero-order chi connectivity index (χ0) is 29.6. The average Bonchev–Trinajstić information content (AvgIpc) is 3.34. The Morgan fingerprint density at radius 2 is 1.33 bits per heavy atom. The first-order valence-corrected chi connectivity index (χ1v) is 14.8. The van der Waals surface area contributed by atoms with E-state index in [1.807, 2.05) is 97.9 Å². The van der Waals surface area contributed by atoms with Crippen molar-refractivity contribution in [2.75, 3.05) is 13.7 Å². The quantitative estimate of drug-likeness (QED) is 0.0687. The first-order valence-electron chi connectivity index (χ1n) is 13.4. The van der Waals surface area contributed by atoms with Crippen LogP contribution >= 0.6 is 0 Å². The summed E-state index contributed by atoms with van der Waals surface area (Å²) in [5, 5.41) is 3.90. The molecule has 5 rings (SSSR count). The summed E-state index contributed by atoms with van der Waals surface area (Å²) in [5.74, 6) is 0. The lowest BCUT2D eigenvalue weighted by Crippen LogP contribution is -2.40. The molecule has 0 bridgehead atoms. The summed E-state index contributed by atoms with van der Waals surface area (Å²) < 4.78 is 50.4. The molecule has 0 spiro atoms. The molecule has 0 saturated carbocycles. The second kappa shape index (κ2) is 12.9. The number of hydrogen-bond acceptors (Lipinski definition) is 7. The normalized spacial score (nSPS) is 20.6. The highest BCUT2D eigenvalue weighted by molar-refractivity contribution is 7.86. The second-order valence-corrected chi connectivity index (χ2v) is 11.5. The van der Waals surface area contributed by atoms with Gasteiger partial charge in [0, 0.05) is 12.0 Å². The number of azide groups is 1. The maximum absolute atomic E-state index is 13.2. The zero-order valence-electron chi connectivity index (χ0n) is 23.2. The van der Waals surface area contributed by atoms with E-state index >= 15 is 0 Å². The van der Waals surface area contributed by atoms with Gasteiger partial charge in [-0.05, 0) is 41.3 Å². The second-order valence-electron chi connectivity index (χ2n) is 9.89. The number of methoxy groups -OCH3 is 1. The Labute approximate surface area is 245 Å². The Bertz CT molecular complexity index is 1520. The molecule has 216 valence electrons. The molecule has 0 unspecified atom stereocenters. The third kappa shape index (κ3) is 5.96. The van der Waals surface area contributed by atoms with Crippen LogP contribution < -0.4 is 0 Å². The molecule has 1 heterocycles. The van der Waals surface area contributed by atoms with Crippen molar-refractivity contribution in [3.63, 3.8) is 0 Å². The van der Waals surface area contributed by atoms with Crippen LogP contribution in [0, 0.1) is 6.92 Å². The number of hydrogen-bond donors (Lipinski definition) is 0. The monoisotopic (exact) mass is 585 g/mol. The first kappa shape index (κ1) is 29.5. The number of nitrogens with zero attached hydrogens (tertiary/aromatic N) is 3. The molecule has 4 aromatic rings. The van der Waals surface area contributed by atoms with Crippen LogP contribution in [-0.4, -0.2) is 46.7 Å². The maximum atomic E-state index is 13.2. The summed E-state index contributed by atoms with van der Waals surface area (Å²) in [6.45, 7) is 1.78. The summed E-state index contributed by atoms with van der Waals surface area (Å²) in [6.07, 6.45) is -3.26. The van der Waals surface area contributed by atoms with Crippen molar-refractivity contribution in [1.82, 2.24) is 0 Å². The minimum atomic E-state index is -4.23. The van der Waals surface area contributed by atoms with Gasteiger partial charge in [0.05, 0.1) is 23.6 Å². The Balaban J connectivity index is 1.51. The fourth-order valence-corrected chi connectivity index (χ4v) is 6.29. The molecule has 0 aliphatic carbocycles. The summed E-state index contributed by atoms with van der Waals surface area (Å²) in [6, 6.07) is 34.5. The number of rotatable bonds is 11. The van der Waals surface area contributed by atoms with E-state index in [0.717, 1.165) is 22.3 Å². The number of ether oxygens (including phenoxy) is 3. The van der Waals surface area contributed by atoms with E-state index in [2.05, 4.69) is 10.0 Å². The van der Waals surface area contributed by atoms with Crippen molar-refractivity contribution in [3.8, 4) is 0 Å². The lowest BCUT2D eigenvalue weighted by molar-refractivity contribution is -0.157. The SMILES string of the molecule is CO[C@@H]1O[C@H](COC(c2ccccc2)(c2ccccc2)c2ccccc2)[C@H](N=[N+]=[N-])[C@H]1OS(=O)(=O)c1ccc(C)cc1. The topological polar surface area (TPSA) is 120 Å². The van der Waals surface area contributed by atoms with Gasteiger partial charge in [0.25, 0.3) is 10.1 Å². The molecule has 4 aromatic carbocycles. The maximum Gasteiger partial charge on any atom is 0.297 e. The van der Waals surface area contributed by atoms with E-state index in [4.69, 9.17) is 18.4 Å². The molecule has 10 heteroatoms. The van der Waals surface area contributed by atoms with Crippen LogP contribution in [0.25, 0.3) is 10.4 Å². The Morgan fingerprint density at radius 3 is 1.79 bits per heavy atom. The largest absolute Gasteiger partial charge is 0.358 e. The minimum absolute atomic E-state index is 0.0291. The van der Waals surface area contributed by atoms with E-state index < -0.39 is 40.3 Å². The number of aryl methyl sites for hydroxylation is 1. The molecule has 42 heavy (non-hydrogen) atoms. The molecule has 9 nitrogen and oxygen atoms in total. The predicted octanol–water partition coefficient (Wildman–Crippen LogP) is 6.13. The Morgan fingerprint density at radius 1 is 0.833 bits per heavy atom. The van der Waals surface area contributed by atoms with Gasteiger partial charge in [0.2, 0.25) is 0 Å². The smallest absolute Gasteiger partial charge is 0.297 e. The Kier molecular flexibility index (Phi) is 9.03. The van der Waals surface area contributed by atoms with Gasteiger partial charge in [0.15, 0.2) is 6.29 Å². The van der Waals surface area contributed by atoms with Gasteiger partial charge >= 0.3 is 0 Å². The van der Waals surface area contributed by atoms with Crippen LogP contribution in [0.2, 0.25) is 0 Å². The summed E-state index contributed by atoms with van der Waals surface area (Å²) in [4.78, 5) is 2.95. The molecule has 0 N–H and O–H groups in total. The van der Waals surface area contributed by atoms with Crippen molar-refractivity contribution in [1.29, 1.82) is 0 Å². The van der Waals surface area contributed by atoms with E-state index in [1.54, 1.807) is 12.1 Å². The molecule has 4 atom stereocenters. The zero-order valence-corrected chi connectivity index (χ0v) is 24.0. The molecular formula is C32H31N3O6S. The standard InChI is InChI=1S/C32H31N3O6S/c1-23-18-20-27(21-19-23)42(36,37)41-30-29(34-35-33)28(40-31(30)38-2)22-39-32(24-12-6-3-7-13-24,25-14-8-4-9-15-25)26-16-10-5-11-17-26/h3-21,28-31H,22H2,1-2H3/t28-,29+,30-,31-/m1/s1. The molecular weight excluding hydrogens is 554 g/mol. The third-order valence-electron chi connectivity index (χ3n) is 7.26. The highest BCUT2D eigenvalue weighted by atomic mass is 32.2. The summed E-state index contributed by atoms with van der Waals surface area (Å²) in [5.41, 5.74) is 11.9. The van der Waals surface area contributed by atoms with Gasteiger partial charge in [-0.3, -0.25) is 4.18 Å². The van der Waals surface area contributed by atoms with Gasteiger partial charge in [0.1, 0.15) is 11.7 Å². The first-order chi connectivity index (χ1) is 20.4. The van der Waals surface area contributed by atoms with Crippen LogP contribution in [0.15, 0.2) is 125 Å². The van der Waals surface area contributed by atoms with Crippen LogP contribution in [0.3, 0.4) is 0 Å². The molecule has 1 aliphatic heterocycles. The molecule has 0 aromatic heterocycles. The van der Waals surface area contributed by atoms with Gasteiger partial charge < -0.3 is 14.2 Å². The molecule has 1 saturated heterocycles. The van der Waals surface area contributed by atoms with Crippen molar-refractivity contribution in [2.45, 2.75) is 42.0 Å². The van der Waals surface area contributed by atoms with E-state index in [1.165, 1.54) is 19.2 Å². The van der Waals surface area contributed by atoms with E-state index in [-0.39, 0.29) is 11.5 Å². The van der Waals surface area contributed by atoms with Gasteiger partial charge in [-0.25, -0.2) is 0 Å². The fourth-order valence-electron chi connectivity index (χ4n) is 5.21. The van der Waals surface area contributed by atoms with E-state index in [9.17, 15) is 13.9 Å². The summed E-state index contributed by atoms with van der Waals surface area (Å²) in [7, 11) is -2.86. The molecule has 0 amide bonds.